The summed E-state index contributed by atoms with van der Waals surface area (Å²) in [6.07, 6.45) is 0.0134. The summed E-state index contributed by atoms with van der Waals surface area (Å²) in [5, 5.41) is 9.73. The van der Waals surface area contributed by atoms with Gasteiger partial charge >= 0.3 is 5.97 Å². The third-order valence-electron chi connectivity index (χ3n) is 5.49. The zero-order chi connectivity index (χ0) is 24.0. The summed E-state index contributed by atoms with van der Waals surface area (Å²) in [6, 6.07) is 21.4. The number of carboxylic acid groups (broad SMARTS) is 1. The quantitative estimate of drug-likeness (QED) is 0.336. The van der Waals surface area contributed by atoms with Gasteiger partial charge in [-0.3, -0.25) is 4.79 Å². The molecule has 0 radical (unpaired) electrons. The Morgan fingerprint density at radius 3 is 2.42 bits per heavy atom. The fourth-order valence-corrected chi connectivity index (χ4v) is 3.99. The van der Waals surface area contributed by atoms with E-state index in [2.05, 4.69) is 11.5 Å². The number of carboxylic acids is 1. The molecule has 1 N–H and O–H groups in total. The topological polar surface area (TPSA) is 64.3 Å². The van der Waals surface area contributed by atoms with E-state index < -0.39 is 5.97 Å². The van der Waals surface area contributed by atoms with Gasteiger partial charge in [0.25, 0.3) is 0 Å². The minimum atomic E-state index is -0.837. The molecule has 0 aliphatic carbocycles. The molecule has 0 spiro atoms. The maximum Gasteiger partial charge on any atom is 0.307 e. The van der Waals surface area contributed by atoms with Crippen LogP contribution in [0.15, 0.2) is 66.7 Å². The number of carbonyl (C=O) groups is 1. The highest BCUT2D eigenvalue weighted by molar-refractivity contribution is 6.31. The van der Waals surface area contributed by atoms with Gasteiger partial charge in [-0.05, 0) is 34.9 Å². The minimum Gasteiger partial charge on any atom is -0.497 e. The van der Waals surface area contributed by atoms with Gasteiger partial charge < -0.3 is 14.4 Å². The molecule has 0 saturated carbocycles. The molecule has 1 unspecified atom stereocenters. The van der Waals surface area contributed by atoms with Crippen molar-refractivity contribution >= 4 is 28.6 Å². The van der Waals surface area contributed by atoms with E-state index in [0.717, 1.165) is 44.3 Å². The van der Waals surface area contributed by atoms with Crippen molar-refractivity contribution in [3.63, 3.8) is 0 Å². The molecule has 0 bridgehead atoms. The van der Waals surface area contributed by atoms with Gasteiger partial charge in [0.1, 0.15) is 11.6 Å². The second-order valence-corrected chi connectivity index (χ2v) is 7.94. The summed E-state index contributed by atoms with van der Waals surface area (Å²) >= 11 is 6.45. The van der Waals surface area contributed by atoms with Crippen LogP contribution in [0.2, 0.25) is 5.02 Å². The molecule has 6 heteroatoms. The lowest BCUT2D eigenvalue weighted by atomic mass is 9.98. The predicted molar refractivity (Wildman–Crippen MR) is 133 cm³/mol. The fourth-order valence-electron chi connectivity index (χ4n) is 3.80. The second-order valence-electron chi connectivity index (χ2n) is 7.54. The van der Waals surface area contributed by atoms with Crippen molar-refractivity contribution < 1.29 is 14.6 Å². The highest BCUT2D eigenvalue weighted by Crippen LogP contribution is 2.31. The monoisotopic (exact) mass is 464 g/mol. The molecule has 1 aromatic heterocycles. The van der Waals surface area contributed by atoms with Crippen LogP contribution in [0.4, 0.5) is 0 Å². The van der Waals surface area contributed by atoms with E-state index in [1.165, 1.54) is 0 Å². The molecule has 0 fully saturated rings. The Morgan fingerprint density at radius 1 is 1.09 bits per heavy atom. The van der Waals surface area contributed by atoms with Gasteiger partial charge in [0.15, 0.2) is 0 Å². The van der Waals surface area contributed by atoms with Crippen LogP contribution in [0, 0.1) is 0 Å². The predicted octanol–water partition coefficient (Wildman–Crippen LogP) is 6.55. The lowest BCUT2D eigenvalue weighted by molar-refractivity contribution is -0.136. The zero-order valence-corrected chi connectivity index (χ0v) is 20.1. The van der Waals surface area contributed by atoms with E-state index in [9.17, 15) is 4.79 Å². The van der Waals surface area contributed by atoms with Gasteiger partial charge in [-0.1, -0.05) is 74.8 Å². The molecular weight excluding hydrogens is 436 g/mol. The first-order valence-electron chi connectivity index (χ1n) is 11.0. The molecule has 0 amide bonds. The number of imidazole rings is 1. The van der Waals surface area contributed by atoms with E-state index in [0.29, 0.717) is 6.54 Å². The molecule has 33 heavy (non-hydrogen) atoms. The van der Waals surface area contributed by atoms with Crippen molar-refractivity contribution in [3.8, 4) is 5.75 Å². The summed E-state index contributed by atoms with van der Waals surface area (Å²) < 4.78 is 7.57. The van der Waals surface area contributed by atoms with Crippen molar-refractivity contribution in [2.24, 2.45) is 0 Å². The maximum atomic E-state index is 11.0. The first-order valence-corrected chi connectivity index (χ1v) is 11.4. The molecule has 3 aromatic carbocycles. The van der Waals surface area contributed by atoms with Crippen LogP contribution in [0.3, 0.4) is 0 Å². The van der Waals surface area contributed by atoms with Crippen LogP contribution in [-0.4, -0.2) is 27.7 Å². The van der Waals surface area contributed by atoms with E-state index >= 15 is 0 Å². The highest BCUT2D eigenvalue weighted by Gasteiger charge is 2.20. The number of fused-ring (bicyclic) bond motifs is 1. The highest BCUT2D eigenvalue weighted by atomic mass is 35.5. The molecular formula is C27H29ClN2O3. The normalized spacial score (nSPS) is 11.5. The van der Waals surface area contributed by atoms with Crippen molar-refractivity contribution in [3.05, 3.63) is 94.3 Å². The number of methoxy groups -OCH3 is 1. The Hall–Kier alpha value is -3.31. The van der Waals surface area contributed by atoms with Crippen LogP contribution in [0.25, 0.3) is 11.0 Å². The van der Waals surface area contributed by atoms with Gasteiger partial charge in [-0.25, -0.2) is 4.98 Å². The average molecular weight is 465 g/mol. The summed E-state index contributed by atoms with van der Waals surface area (Å²) in [5.74, 6) is 0.831. The number of nitrogens with zero attached hydrogens (tertiary/aromatic N) is 2. The number of aliphatic carboxylic acids is 1. The van der Waals surface area contributed by atoms with E-state index in [4.69, 9.17) is 26.4 Å². The standard InChI is InChI=1S/C25H23ClN2O3.C2H6/c1-16(18-9-7-17(8-10-18)13-24(29)30)25-27-22-14-20(31-2)11-12-23(22)28(25)15-19-5-3-4-6-21(19)26;1-2/h3-12,14,16H,13,15H2,1-2H3,(H,29,30);1-2H3. The Morgan fingerprint density at radius 2 is 1.79 bits per heavy atom. The van der Waals surface area contributed by atoms with Gasteiger partial charge in [-0.15, -0.1) is 0 Å². The van der Waals surface area contributed by atoms with Crippen molar-refractivity contribution in [1.29, 1.82) is 0 Å². The maximum absolute atomic E-state index is 11.0. The summed E-state index contributed by atoms with van der Waals surface area (Å²) in [4.78, 5) is 15.9. The zero-order valence-electron chi connectivity index (χ0n) is 19.4. The van der Waals surface area contributed by atoms with Crippen molar-refractivity contribution in [2.45, 2.75) is 39.7 Å². The molecule has 1 heterocycles. The minimum absolute atomic E-state index is 0.000222. The molecule has 4 aromatic rings. The third-order valence-corrected chi connectivity index (χ3v) is 5.86. The first-order chi connectivity index (χ1) is 16.0. The van der Waals surface area contributed by atoms with E-state index in [1.807, 2.05) is 80.6 Å². The molecule has 1 atom stereocenters. The summed E-state index contributed by atoms with van der Waals surface area (Å²) in [7, 11) is 1.64. The van der Waals surface area contributed by atoms with Gasteiger partial charge in [0.2, 0.25) is 0 Å². The number of benzene rings is 3. The number of halogens is 1. The molecule has 5 nitrogen and oxygen atoms in total. The Labute approximate surface area is 199 Å². The number of hydrogen-bond donors (Lipinski definition) is 1. The van der Waals surface area contributed by atoms with Crippen LogP contribution in [0.1, 0.15) is 49.2 Å². The van der Waals surface area contributed by atoms with Crippen LogP contribution in [0.5, 0.6) is 5.75 Å². The molecule has 172 valence electrons. The Balaban J connectivity index is 0.00000149. The number of hydrogen-bond acceptors (Lipinski definition) is 3. The fraction of sp³-hybridized carbons (Fsp3) is 0.259. The van der Waals surface area contributed by atoms with Gasteiger partial charge in [0, 0.05) is 17.0 Å². The lowest BCUT2D eigenvalue weighted by Gasteiger charge is -2.16. The summed E-state index contributed by atoms with van der Waals surface area (Å²) in [6.45, 7) is 6.70. The van der Waals surface area contributed by atoms with Crippen LogP contribution < -0.4 is 4.74 Å². The number of rotatable bonds is 7. The smallest absolute Gasteiger partial charge is 0.307 e. The Bertz CT molecular complexity index is 1230. The molecule has 0 aliphatic rings. The Kier molecular flexibility index (Phi) is 8.12. The van der Waals surface area contributed by atoms with Gasteiger partial charge in [0.05, 0.1) is 31.1 Å². The third kappa shape index (κ3) is 5.55. The van der Waals surface area contributed by atoms with E-state index in [1.54, 1.807) is 7.11 Å². The second kappa shape index (κ2) is 11.0. The van der Waals surface area contributed by atoms with Crippen molar-refractivity contribution in [2.75, 3.05) is 7.11 Å². The molecule has 0 saturated heterocycles. The SMILES string of the molecule is CC.COc1ccc2c(c1)nc(C(C)c1ccc(CC(=O)O)cc1)n2Cc1ccccc1Cl. The summed E-state index contributed by atoms with van der Waals surface area (Å²) in [5.41, 5.74) is 4.72. The van der Waals surface area contributed by atoms with Crippen LogP contribution >= 0.6 is 11.6 Å². The molecule has 4 rings (SSSR count). The van der Waals surface area contributed by atoms with E-state index in [-0.39, 0.29) is 12.3 Å². The molecule has 0 aliphatic heterocycles. The largest absolute Gasteiger partial charge is 0.497 e. The first kappa shape index (κ1) is 24.3. The average Bonchev–Trinajstić information content (AvgIpc) is 3.19. The number of ether oxygens (including phenoxy) is 1. The lowest BCUT2D eigenvalue weighted by Crippen LogP contribution is -2.10. The van der Waals surface area contributed by atoms with Crippen LogP contribution in [-0.2, 0) is 17.8 Å². The van der Waals surface area contributed by atoms with Gasteiger partial charge in [-0.2, -0.15) is 0 Å². The number of aromatic nitrogens is 2. The van der Waals surface area contributed by atoms with Crippen molar-refractivity contribution in [1.82, 2.24) is 9.55 Å².